The molecule has 0 spiro atoms. The van der Waals surface area contributed by atoms with Gasteiger partial charge in [-0.05, 0) is 38.1 Å². The van der Waals surface area contributed by atoms with E-state index in [0.29, 0.717) is 22.6 Å². The molecular weight excluding hydrogens is 296 g/mol. The summed E-state index contributed by atoms with van der Waals surface area (Å²) >= 11 is 0. The van der Waals surface area contributed by atoms with Gasteiger partial charge in [-0.3, -0.25) is 4.79 Å². The van der Waals surface area contributed by atoms with Gasteiger partial charge in [-0.1, -0.05) is 0 Å². The summed E-state index contributed by atoms with van der Waals surface area (Å²) in [6.45, 7) is 1.87. The first-order valence-corrected chi connectivity index (χ1v) is 7.75. The normalized spacial score (nSPS) is 15.6. The molecule has 1 N–H and O–H groups in total. The Morgan fingerprint density at radius 1 is 1.04 bits per heavy atom. The van der Waals surface area contributed by atoms with Crippen LogP contribution in [0.1, 0.15) is 18.9 Å². The second-order valence-electron chi connectivity index (χ2n) is 5.62. The van der Waals surface area contributed by atoms with Crippen molar-refractivity contribution < 1.29 is 14.2 Å². The number of nitrogens with zero attached hydrogens (tertiary/aromatic N) is 1. The van der Waals surface area contributed by atoms with Crippen LogP contribution in [-0.4, -0.2) is 39.0 Å². The molecule has 1 aliphatic heterocycles. The van der Waals surface area contributed by atoms with E-state index in [9.17, 15) is 4.79 Å². The van der Waals surface area contributed by atoms with Gasteiger partial charge in [0.05, 0.1) is 26.7 Å². The summed E-state index contributed by atoms with van der Waals surface area (Å²) in [5, 5.41) is 4.64. The lowest BCUT2D eigenvalue weighted by atomic mass is 10.0. The zero-order chi connectivity index (χ0) is 16.4. The summed E-state index contributed by atoms with van der Waals surface area (Å²) in [4.78, 5) is 13.0. The minimum absolute atomic E-state index is 0.0198. The molecule has 124 valence electrons. The van der Waals surface area contributed by atoms with Crippen LogP contribution in [0, 0.1) is 0 Å². The van der Waals surface area contributed by atoms with Crippen LogP contribution in [0.15, 0.2) is 23.1 Å². The number of benzene rings is 1. The quantitative estimate of drug-likeness (QED) is 0.933. The standard InChI is InChI=1S/C17H22N2O4/c1-21-14-10-13-12(15(22-2)16(14)23-3)6-9-19(17(13)20)11-4-7-18-8-5-11/h6,9-11,18H,4-5,7-8H2,1-3H3. The Morgan fingerprint density at radius 2 is 1.74 bits per heavy atom. The van der Waals surface area contributed by atoms with E-state index in [0.717, 1.165) is 31.3 Å². The number of nitrogens with one attached hydrogen (secondary N) is 1. The van der Waals surface area contributed by atoms with Gasteiger partial charge in [-0.25, -0.2) is 0 Å². The number of aromatic nitrogens is 1. The molecule has 0 atom stereocenters. The van der Waals surface area contributed by atoms with E-state index >= 15 is 0 Å². The summed E-state index contributed by atoms with van der Waals surface area (Å²) in [7, 11) is 4.68. The van der Waals surface area contributed by atoms with E-state index in [1.807, 2.05) is 16.8 Å². The van der Waals surface area contributed by atoms with Gasteiger partial charge in [0.2, 0.25) is 5.75 Å². The second-order valence-corrected chi connectivity index (χ2v) is 5.62. The minimum atomic E-state index is -0.0198. The Balaban J connectivity index is 2.22. The summed E-state index contributed by atoms with van der Waals surface area (Å²) in [6, 6.07) is 3.88. The number of hydrogen-bond acceptors (Lipinski definition) is 5. The van der Waals surface area contributed by atoms with Gasteiger partial charge in [0.1, 0.15) is 0 Å². The number of rotatable bonds is 4. The van der Waals surface area contributed by atoms with Gasteiger partial charge < -0.3 is 24.1 Å². The minimum Gasteiger partial charge on any atom is -0.493 e. The highest BCUT2D eigenvalue weighted by molar-refractivity contribution is 5.92. The Morgan fingerprint density at radius 3 is 2.35 bits per heavy atom. The van der Waals surface area contributed by atoms with Gasteiger partial charge in [-0.15, -0.1) is 0 Å². The van der Waals surface area contributed by atoms with Gasteiger partial charge in [0, 0.05) is 17.6 Å². The molecule has 0 radical (unpaired) electrons. The molecule has 1 saturated heterocycles. The number of fused-ring (bicyclic) bond motifs is 1. The lowest BCUT2D eigenvalue weighted by molar-refractivity contribution is 0.327. The van der Waals surface area contributed by atoms with Crippen molar-refractivity contribution in [2.45, 2.75) is 18.9 Å². The summed E-state index contributed by atoms with van der Waals surface area (Å²) in [5.41, 5.74) is -0.0198. The Labute approximate surface area is 135 Å². The molecular formula is C17H22N2O4. The van der Waals surface area contributed by atoms with Crippen molar-refractivity contribution in [3.05, 3.63) is 28.7 Å². The van der Waals surface area contributed by atoms with Crippen LogP contribution in [0.4, 0.5) is 0 Å². The number of hydrogen-bond donors (Lipinski definition) is 1. The maximum absolute atomic E-state index is 13.0. The second kappa shape index (κ2) is 6.50. The van der Waals surface area contributed by atoms with Gasteiger partial charge >= 0.3 is 0 Å². The molecule has 2 aromatic rings. The first-order valence-electron chi connectivity index (χ1n) is 7.75. The van der Waals surface area contributed by atoms with E-state index in [1.54, 1.807) is 27.4 Å². The maximum atomic E-state index is 13.0. The van der Waals surface area contributed by atoms with Crippen molar-refractivity contribution >= 4 is 10.8 Å². The molecule has 1 aromatic carbocycles. The van der Waals surface area contributed by atoms with E-state index in [2.05, 4.69) is 5.32 Å². The van der Waals surface area contributed by atoms with Crippen molar-refractivity contribution in [2.24, 2.45) is 0 Å². The van der Waals surface area contributed by atoms with Crippen LogP contribution in [0.3, 0.4) is 0 Å². The predicted molar refractivity (Wildman–Crippen MR) is 89.0 cm³/mol. The van der Waals surface area contributed by atoms with Crippen molar-refractivity contribution in [1.82, 2.24) is 9.88 Å². The van der Waals surface area contributed by atoms with Crippen LogP contribution in [0.2, 0.25) is 0 Å². The molecule has 23 heavy (non-hydrogen) atoms. The molecule has 6 heteroatoms. The highest BCUT2D eigenvalue weighted by atomic mass is 16.5. The maximum Gasteiger partial charge on any atom is 0.258 e. The summed E-state index contributed by atoms with van der Waals surface area (Å²) in [6.07, 6.45) is 3.76. The highest BCUT2D eigenvalue weighted by Crippen LogP contribution is 2.42. The molecule has 1 fully saturated rings. The molecule has 2 heterocycles. The molecule has 6 nitrogen and oxygen atoms in total. The SMILES string of the molecule is COc1cc2c(=O)n(C3CCNCC3)ccc2c(OC)c1OC. The monoisotopic (exact) mass is 318 g/mol. The zero-order valence-electron chi connectivity index (χ0n) is 13.7. The fourth-order valence-corrected chi connectivity index (χ4v) is 3.25. The third kappa shape index (κ3) is 2.63. The summed E-state index contributed by atoms with van der Waals surface area (Å²) < 4.78 is 18.0. The van der Waals surface area contributed by atoms with Gasteiger partial charge in [0.25, 0.3) is 5.56 Å². The molecule has 0 aliphatic carbocycles. The topological polar surface area (TPSA) is 61.7 Å². The summed E-state index contributed by atoms with van der Waals surface area (Å²) in [5.74, 6) is 1.52. The van der Waals surface area contributed by atoms with Crippen LogP contribution in [-0.2, 0) is 0 Å². The molecule has 3 rings (SSSR count). The smallest absolute Gasteiger partial charge is 0.258 e. The number of piperidine rings is 1. The predicted octanol–water partition coefficient (Wildman–Crippen LogP) is 1.95. The van der Waals surface area contributed by atoms with Crippen LogP contribution < -0.4 is 25.1 Å². The number of pyridine rings is 1. The molecule has 1 aromatic heterocycles. The first-order chi connectivity index (χ1) is 11.2. The van der Waals surface area contributed by atoms with E-state index in [4.69, 9.17) is 14.2 Å². The molecule has 0 bridgehead atoms. The zero-order valence-corrected chi connectivity index (χ0v) is 13.7. The van der Waals surface area contributed by atoms with Crippen LogP contribution in [0.25, 0.3) is 10.8 Å². The number of methoxy groups -OCH3 is 3. The van der Waals surface area contributed by atoms with Crippen molar-refractivity contribution in [3.8, 4) is 17.2 Å². The van der Waals surface area contributed by atoms with E-state index < -0.39 is 0 Å². The van der Waals surface area contributed by atoms with Crippen LogP contribution >= 0.6 is 0 Å². The average Bonchev–Trinajstić information content (AvgIpc) is 2.61. The van der Waals surface area contributed by atoms with Crippen molar-refractivity contribution in [1.29, 1.82) is 0 Å². The average molecular weight is 318 g/mol. The third-order valence-corrected chi connectivity index (χ3v) is 4.44. The van der Waals surface area contributed by atoms with E-state index in [-0.39, 0.29) is 11.6 Å². The van der Waals surface area contributed by atoms with Gasteiger partial charge in [0.15, 0.2) is 11.5 Å². The van der Waals surface area contributed by atoms with Crippen molar-refractivity contribution in [3.63, 3.8) is 0 Å². The fourth-order valence-electron chi connectivity index (χ4n) is 3.25. The lowest BCUT2D eigenvalue weighted by Crippen LogP contribution is -2.34. The van der Waals surface area contributed by atoms with Gasteiger partial charge in [-0.2, -0.15) is 0 Å². The third-order valence-electron chi connectivity index (χ3n) is 4.44. The Hall–Kier alpha value is -2.21. The van der Waals surface area contributed by atoms with Crippen molar-refractivity contribution in [2.75, 3.05) is 34.4 Å². The molecule has 0 saturated carbocycles. The molecule has 1 aliphatic rings. The number of ether oxygens (including phenoxy) is 3. The Kier molecular flexibility index (Phi) is 4.43. The Bertz CT molecular complexity index is 763. The highest BCUT2D eigenvalue weighted by Gasteiger charge is 2.21. The lowest BCUT2D eigenvalue weighted by Gasteiger charge is -2.25. The first kappa shape index (κ1) is 15.7. The largest absolute Gasteiger partial charge is 0.493 e. The molecule has 0 unspecified atom stereocenters. The van der Waals surface area contributed by atoms with E-state index in [1.165, 1.54) is 0 Å². The van der Waals surface area contributed by atoms with Crippen LogP contribution in [0.5, 0.6) is 17.2 Å². The fraction of sp³-hybridized carbons (Fsp3) is 0.471. The molecule has 0 amide bonds.